The van der Waals surface area contributed by atoms with E-state index >= 15 is 0 Å². The first-order valence-electron chi connectivity index (χ1n) is 8.11. The minimum atomic E-state index is -0.243. The van der Waals surface area contributed by atoms with Gasteiger partial charge >= 0.3 is 0 Å². The van der Waals surface area contributed by atoms with Gasteiger partial charge in [-0.25, -0.2) is 9.97 Å². The van der Waals surface area contributed by atoms with E-state index in [1.807, 2.05) is 15.7 Å². The number of morpholine rings is 1. The van der Waals surface area contributed by atoms with Crippen molar-refractivity contribution in [3.05, 3.63) is 36.8 Å². The van der Waals surface area contributed by atoms with Gasteiger partial charge in [-0.05, 0) is 6.42 Å². The molecule has 0 aliphatic carbocycles. The molecule has 0 saturated carbocycles. The minimum Gasteiger partial charge on any atom is -0.372 e. The molecule has 24 heavy (non-hydrogen) atoms. The number of anilines is 1. The van der Waals surface area contributed by atoms with Crippen LogP contribution in [0.2, 0.25) is 0 Å². The first-order chi connectivity index (χ1) is 11.8. The van der Waals surface area contributed by atoms with Crippen LogP contribution in [-0.4, -0.2) is 57.1 Å². The molecule has 1 aliphatic heterocycles. The second-order valence-electron chi connectivity index (χ2n) is 5.64. The number of carbonyl (C=O) groups is 1. The highest BCUT2D eigenvalue weighted by Crippen LogP contribution is 2.25. The van der Waals surface area contributed by atoms with Gasteiger partial charge in [0.25, 0.3) is 0 Å². The minimum absolute atomic E-state index is 0.151. The number of imidazole rings is 1. The first-order valence-corrected chi connectivity index (χ1v) is 8.11. The number of aryl methyl sites for hydroxylation is 1. The molecule has 1 aliphatic rings. The third-order valence-corrected chi connectivity index (χ3v) is 4.05. The molecule has 3 heterocycles. The lowest BCUT2D eigenvalue weighted by atomic mass is 10.1. The number of amides is 1. The predicted octanol–water partition coefficient (Wildman–Crippen LogP) is 1.10. The number of carbonyl (C=O) groups excluding carboxylic acids is 1. The van der Waals surface area contributed by atoms with E-state index in [1.165, 1.54) is 0 Å². The third-order valence-electron chi connectivity index (χ3n) is 4.05. The molecular weight excluding hydrogens is 308 g/mol. The maximum absolute atomic E-state index is 12.5. The molecule has 1 N–H and O–H groups in total. The van der Waals surface area contributed by atoms with Crippen LogP contribution < -0.4 is 5.32 Å². The van der Waals surface area contributed by atoms with Crippen molar-refractivity contribution < 1.29 is 9.53 Å². The topological polar surface area (TPSA) is 85.2 Å². The highest BCUT2D eigenvalue weighted by atomic mass is 16.5. The lowest BCUT2D eigenvalue weighted by Gasteiger charge is -2.33. The van der Waals surface area contributed by atoms with Gasteiger partial charge in [0, 0.05) is 51.3 Å². The standard InChI is InChI=1S/C16H22N6O2/c1-17-16-15(19-4-5-20-16)13-11-22(9-10-24-13)14(23)3-2-7-21-8-6-18-12-21/h4-6,8,12-13H,2-3,7,9-11H2,1H3,(H,17,20)/t13-/m1/s1. The summed E-state index contributed by atoms with van der Waals surface area (Å²) in [5.41, 5.74) is 0.746. The molecule has 128 valence electrons. The largest absolute Gasteiger partial charge is 0.372 e. The fourth-order valence-electron chi connectivity index (χ4n) is 2.81. The van der Waals surface area contributed by atoms with Crippen LogP contribution >= 0.6 is 0 Å². The van der Waals surface area contributed by atoms with Gasteiger partial charge in [0.2, 0.25) is 5.91 Å². The lowest BCUT2D eigenvalue weighted by molar-refractivity contribution is -0.139. The van der Waals surface area contributed by atoms with Crippen LogP contribution in [0.3, 0.4) is 0 Å². The van der Waals surface area contributed by atoms with Crippen molar-refractivity contribution in [3.8, 4) is 0 Å². The quantitative estimate of drug-likeness (QED) is 0.853. The van der Waals surface area contributed by atoms with Crippen LogP contribution in [-0.2, 0) is 16.1 Å². The van der Waals surface area contributed by atoms with E-state index < -0.39 is 0 Å². The molecule has 3 rings (SSSR count). The number of nitrogens with one attached hydrogen (secondary N) is 1. The smallest absolute Gasteiger partial charge is 0.222 e. The van der Waals surface area contributed by atoms with E-state index in [4.69, 9.17) is 4.74 Å². The number of ether oxygens (including phenoxy) is 1. The summed E-state index contributed by atoms with van der Waals surface area (Å²) < 4.78 is 7.78. The van der Waals surface area contributed by atoms with Gasteiger partial charge in [-0.1, -0.05) is 0 Å². The second-order valence-corrected chi connectivity index (χ2v) is 5.64. The summed E-state index contributed by atoms with van der Waals surface area (Å²) in [4.78, 5) is 26.9. The number of hydrogen-bond donors (Lipinski definition) is 1. The van der Waals surface area contributed by atoms with Crippen LogP contribution in [0.1, 0.15) is 24.6 Å². The third kappa shape index (κ3) is 3.88. The molecule has 0 unspecified atom stereocenters. The van der Waals surface area contributed by atoms with E-state index in [9.17, 15) is 4.79 Å². The number of rotatable bonds is 6. The molecule has 1 amide bonds. The van der Waals surface area contributed by atoms with Crippen molar-refractivity contribution in [2.24, 2.45) is 0 Å². The van der Waals surface area contributed by atoms with E-state index in [-0.39, 0.29) is 12.0 Å². The Morgan fingerprint density at radius 1 is 1.38 bits per heavy atom. The lowest BCUT2D eigenvalue weighted by Crippen LogP contribution is -2.42. The van der Waals surface area contributed by atoms with Crippen LogP contribution in [0.25, 0.3) is 0 Å². The van der Waals surface area contributed by atoms with E-state index in [0.717, 1.165) is 18.7 Å². The van der Waals surface area contributed by atoms with Gasteiger partial charge in [0.05, 0.1) is 19.5 Å². The van der Waals surface area contributed by atoms with Gasteiger partial charge in [-0.15, -0.1) is 0 Å². The fourth-order valence-corrected chi connectivity index (χ4v) is 2.81. The van der Waals surface area contributed by atoms with E-state index in [0.29, 0.717) is 31.9 Å². The Labute approximate surface area is 140 Å². The normalized spacial score (nSPS) is 17.7. The molecule has 8 heteroatoms. The Balaban J connectivity index is 1.55. The van der Waals surface area contributed by atoms with E-state index in [2.05, 4.69) is 20.3 Å². The first kappa shape index (κ1) is 16.4. The highest BCUT2D eigenvalue weighted by Gasteiger charge is 2.27. The maximum atomic E-state index is 12.5. The van der Waals surface area contributed by atoms with Gasteiger partial charge in [0.15, 0.2) is 0 Å². The molecule has 0 bridgehead atoms. The van der Waals surface area contributed by atoms with Gasteiger partial charge in [-0.3, -0.25) is 9.78 Å². The molecule has 1 atom stereocenters. The Hall–Kier alpha value is -2.48. The Kier molecular flexibility index (Phi) is 5.37. The SMILES string of the molecule is CNc1nccnc1[C@H]1CN(C(=O)CCCn2ccnc2)CCO1. The van der Waals surface area contributed by atoms with Crippen molar-refractivity contribution in [1.82, 2.24) is 24.4 Å². The molecule has 2 aromatic rings. The van der Waals surface area contributed by atoms with Crippen molar-refractivity contribution in [2.45, 2.75) is 25.5 Å². The average molecular weight is 330 g/mol. The molecule has 0 spiro atoms. The van der Waals surface area contributed by atoms with Crippen molar-refractivity contribution >= 4 is 11.7 Å². The zero-order valence-corrected chi connectivity index (χ0v) is 13.8. The highest BCUT2D eigenvalue weighted by molar-refractivity contribution is 5.76. The van der Waals surface area contributed by atoms with Gasteiger partial charge in [-0.2, -0.15) is 0 Å². The maximum Gasteiger partial charge on any atom is 0.222 e. The average Bonchev–Trinajstić information content (AvgIpc) is 3.15. The number of hydrogen-bond acceptors (Lipinski definition) is 6. The summed E-state index contributed by atoms with van der Waals surface area (Å²) >= 11 is 0. The molecule has 0 aromatic carbocycles. The van der Waals surface area contributed by atoms with E-state index in [1.54, 1.807) is 32.0 Å². The number of aromatic nitrogens is 4. The summed E-state index contributed by atoms with van der Waals surface area (Å²) in [7, 11) is 1.80. The number of nitrogens with zero attached hydrogens (tertiary/aromatic N) is 5. The predicted molar refractivity (Wildman–Crippen MR) is 88.3 cm³/mol. The van der Waals surface area contributed by atoms with Gasteiger partial charge in [0.1, 0.15) is 17.6 Å². The van der Waals surface area contributed by atoms with Crippen LogP contribution in [0.5, 0.6) is 0 Å². The summed E-state index contributed by atoms with van der Waals surface area (Å²) in [6, 6.07) is 0. The monoisotopic (exact) mass is 330 g/mol. The molecule has 1 saturated heterocycles. The zero-order chi connectivity index (χ0) is 16.8. The molecular formula is C16H22N6O2. The molecule has 2 aromatic heterocycles. The van der Waals surface area contributed by atoms with Crippen molar-refractivity contribution in [3.63, 3.8) is 0 Å². The summed E-state index contributed by atoms with van der Waals surface area (Å²) in [5.74, 6) is 0.843. The Morgan fingerprint density at radius 2 is 2.25 bits per heavy atom. The zero-order valence-electron chi connectivity index (χ0n) is 13.8. The summed E-state index contributed by atoms with van der Waals surface area (Å²) in [6.07, 6.45) is 9.77. The Bertz CT molecular complexity index is 660. The van der Waals surface area contributed by atoms with Crippen LogP contribution in [0.15, 0.2) is 31.1 Å². The Morgan fingerprint density at radius 3 is 3.04 bits per heavy atom. The molecule has 1 fully saturated rings. The van der Waals surface area contributed by atoms with Crippen molar-refractivity contribution in [1.29, 1.82) is 0 Å². The fraction of sp³-hybridized carbons (Fsp3) is 0.500. The van der Waals surface area contributed by atoms with Crippen molar-refractivity contribution in [2.75, 3.05) is 32.1 Å². The second kappa shape index (κ2) is 7.87. The molecule has 8 nitrogen and oxygen atoms in total. The van der Waals surface area contributed by atoms with Crippen LogP contribution in [0.4, 0.5) is 5.82 Å². The van der Waals surface area contributed by atoms with Crippen LogP contribution in [0, 0.1) is 0 Å². The summed E-state index contributed by atoms with van der Waals surface area (Å²) in [5, 5.41) is 3.02. The summed E-state index contributed by atoms with van der Waals surface area (Å²) in [6.45, 7) is 2.44. The molecule has 0 radical (unpaired) electrons. The van der Waals surface area contributed by atoms with Gasteiger partial charge < -0.3 is 19.5 Å².